The van der Waals surface area contributed by atoms with Crippen LogP contribution in [0.5, 0.6) is 0 Å². The van der Waals surface area contributed by atoms with Gasteiger partial charge in [0.25, 0.3) is 0 Å². The largest absolute Gasteiger partial charge is 0.393 e. The van der Waals surface area contributed by atoms with Gasteiger partial charge in [-0.1, -0.05) is 24.4 Å². The van der Waals surface area contributed by atoms with Crippen molar-refractivity contribution in [1.82, 2.24) is 15.1 Å². The van der Waals surface area contributed by atoms with Crippen LogP contribution in [0.4, 0.5) is 5.69 Å². The molecule has 4 fully saturated rings. The Labute approximate surface area is 224 Å². The number of nitrogens with one attached hydrogen (secondary N) is 1. The van der Waals surface area contributed by atoms with Gasteiger partial charge in [-0.05, 0) is 62.6 Å². The van der Waals surface area contributed by atoms with E-state index >= 15 is 0 Å². The number of carbonyl (C=O) groups excluding carboxylic acids is 1. The molecule has 2 N–H and O–H groups in total. The van der Waals surface area contributed by atoms with Crippen molar-refractivity contribution in [2.75, 3.05) is 37.7 Å². The number of likely N-dealkylation sites (tertiary alicyclic amines) is 2. The number of amides is 1. The van der Waals surface area contributed by atoms with Crippen LogP contribution in [0.15, 0.2) is 23.3 Å². The first-order valence-corrected chi connectivity index (χ1v) is 14.3. The predicted octanol–water partition coefficient (Wildman–Crippen LogP) is 3.33. The Kier molecular flexibility index (Phi) is 6.81. The molecule has 5 aliphatic rings. The number of hydrogen-bond acceptors (Lipinski definition) is 7. The summed E-state index contributed by atoms with van der Waals surface area (Å²) in [6.45, 7) is 4.16. The van der Waals surface area contributed by atoms with E-state index < -0.39 is 0 Å². The van der Waals surface area contributed by atoms with E-state index in [9.17, 15) is 15.2 Å². The first-order chi connectivity index (χ1) is 17.9. The van der Waals surface area contributed by atoms with Crippen molar-refractivity contribution < 1.29 is 9.90 Å². The summed E-state index contributed by atoms with van der Waals surface area (Å²) in [5.41, 5.74) is 1.68. The zero-order chi connectivity index (χ0) is 25.6. The Hall–Kier alpha value is -2.34. The number of piperidine rings is 2. The molecule has 8 nitrogen and oxygen atoms in total. The Bertz CT molecular complexity index is 1090. The van der Waals surface area contributed by atoms with Crippen LogP contribution in [0.2, 0.25) is 5.02 Å². The molecule has 1 spiro atoms. The van der Waals surface area contributed by atoms with Crippen LogP contribution in [0.25, 0.3) is 0 Å². The minimum absolute atomic E-state index is 0.0953. The van der Waals surface area contributed by atoms with E-state index in [0.717, 1.165) is 50.4 Å². The molecule has 1 amide bonds. The van der Waals surface area contributed by atoms with E-state index in [0.29, 0.717) is 48.5 Å². The smallest absolute Gasteiger partial charge is 0.239 e. The molecule has 1 saturated carbocycles. The third-order valence-electron chi connectivity index (χ3n) is 9.39. The van der Waals surface area contributed by atoms with Gasteiger partial charge in [0, 0.05) is 44.6 Å². The zero-order valence-electron chi connectivity index (χ0n) is 21.4. The predicted molar refractivity (Wildman–Crippen MR) is 143 cm³/mol. The molecule has 0 radical (unpaired) electrons. The lowest BCUT2D eigenvalue weighted by Gasteiger charge is -2.54. The van der Waals surface area contributed by atoms with Gasteiger partial charge in [0.2, 0.25) is 5.91 Å². The highest BCUT2D eigenvalue weighted by molar-refractivity contribution is 6.32. The van der Waals surface area contributed by atoms with Crippen molar-refractivity contribution in [3.8, 4) is 6.07 Å². The van der Waals surface area contributed by atoms with E-state index in [4.69, 9.17) is 16.7 Å². The Morgan fingerprint density at radius 2 is 1.92 bits per heavy atom. The average molecular weight is 525 g/mol. The number of aliphatic hydroxyl groups excluding tert-OH is 1. The summed E-state index contributed by atoms with van der Waals surface area (Å²) in [7, 11) is 0. The molecule has 6 rings (SSSR count). The third-order valence-corrected chi connectivity index (χ3v) is 9.70. The maximum Gasteiger partial charge on any atom is 0.239 e. The summed E-state index contributed by atoms with van der Waals surface area (Å²) in [6, 6.07) is 8.06. The molecular formula is C28H37ClN6O2. The van der Waals surface area contributed by atoms with Crippen LogP contribution in [0, 0.1) is 22.7 Å². The normalized spacial score (nSPS) is 28.4. The van der Waals surface area contributed by atoms with Gasteiger partial charge in [0.1, 0.15) is 11.9 Å². The van der Waals surface area contributed by atoms with Crippen molar-refractivity contribution in [2.45, 2.75) is 76.0 Å². The molecule has 9 heteroatoms. The highest BCUT2D eigenvalue weighted by Crippen LogP contribution is 2.43. The van der Waals surface area contributed by atoms with Crippen LogP contribution in [-0.4, -0.2) is 77.6 Å². The summed E-state index contributed by atoms with van der Waals surface area (Å²) >= 11 is 6.39. The van der Waals surface area contributed by atoms with Gasteiger partial charge in [-0.3, -0.25) is 9.80 Å². The molecule has 0 aromatic heterocycles. The zero-order valence-corrected chi connectivity index (χ0v) is 22.2. The molecule has 2 atom stereocenters. The van der Waals surface area contributed by atoms with E-state index in [1.54, 1.807) is 6.07 Å². The number of aliphatic hydroxyl groups is 1. The minimum Gasteiger partial charge on any atom is -0.393 e. The van der Waals surface area contributed by atoms with Crippen LogP contribution in [0.3, 0.4) is 0 Å². The SMILES string of the molecule is N#Cc1ccc(N2N=C(N3CC4(CCC(C(=O)N5CCC(O)CC5)NC4)C3)CC2C2CCCC2)cc1Cl. The van der Waals surface area contributed by atoms with Gasteiger partial charge in [-0.15, -0.1) is 0 Å². The van der Waals surface area contributed by atoms with E-state index in [2.05, 4.69) is 21.3 Å². The highest BCUT2D eigenvalue weighted by Gasteiger charge is 2.49. The summed E-state index contributed by atoms with van der Waals surface area (Å²) < 4.78 is 0. The molecule has 1 aromatic rings. The number of amidine groups is 1. The first-order valence-electron chi connectivity index (χ1n) is 14.0. The van der Waals surface area contributed by atoms with Gasteiger partial charge in [-0.25, -0.2) is 0 Å². The van der Waals surface area contributed by atoms with E-state index in [1.807, 2.05) is 17.0 Å². The summed E-state index contributed by atoms with van der Waals surface area (Å²) in [5.74, 6) is 1.99. The number of rotatable bonds is 3. The number of halogens is 1. The second kappa shape index (κ2) is 10.1. The molecule has 4 heterocycles. The van der Waals surface area contributed by atoms with Crippen LogP contribution in [-0.2, 0) is 4.79 Å². The van der Waals surface area contributed by atoms with Crippen molar-refractivity contribution in [3.05, 3.63) is 28.8 Å². The van der Waals surface area contributed by atoms with Crippen molar-refractivity contribution in [1.29, 1.82) is 5.26 Å². The lowest BCUT2D eigenvalue weighted by Crippen LogP contribution is -2.66. The monoisotopic (exact) mass is 524 g/mol. The molecule has 37 heavy (non-hydrogen) atoms. The minimum atomic E-state index is -0.260. The Balaban J connectivity index is 1.09. The molecule has 1 aromatic carbocycles. The molecule has 198 valence electrons. The van der Waals surface area contributed by atoms with Gasteiger partial charge in [0.15, 0.2) is 0 Å². The van der Waals surface area contributed by atoms with Gasteiger partial charge >= 0.3 is 0 Å². The molecule has 1 aliphatic carbocycles. The number of carbonyl (C=O) groups is 1. The number of hydrazone groups is 1. The standard InChI is InChI=1S/C28H37ClN6O2/c29-23-13-21(6-5-20(23)15-30)35-25(19-3-1-2-4-19)14-26(32-35)34-17-28(18-34)10-7-24(31-16-28)27(37)33-11-8-22(36)9-12-33/h5-6,13,19,22,24-25,31,36H,1-4,7-12,14,16-18H2. The van der Waals surface area contributed by atoms with E-state index in [1.165, 1.54) is 25.7 Å². The van der Waals surface area contributed by atoms with E-state index in [-0.39, 0.29) is 23.5 Å². The summed E-state index contributed by atoms with van der Waals surface area (Å²) in [4.78, 5) is 17.3. The number of nitrogens with zero attached hydrogens (tertiary/aromatic N) is 5. The molecule has 4 aliphatic heterocycles. The van der Waals surface area contributed by atoms with Gasteiger partial charge in [-0.2, -0.15) is 10.4 Å². The molecule has 0 bridgehead atoms. The quantitative estimate of drug-likeness (QED) is 0.630. The summed E-state index contributed by atoms with van der Waals surface area (Å²) in [6.07, 6.45) is 9.05. The van der Waals surface area contributed by atoms with Crippen LogP contribution < -0.4 is 10.3 Å². The van der Waals surface area contributed by atoms with Crippen LogP contribution in [0.1, 0.15) is 63.4 Å². The van der Waals surface area contributed by atoms with Crippen molar-refractivity contribution in [3.63, 3.8) is 0 Å². The lowest BCUT2D eigenvalue weighted by atomic mass is 9.72. The fourth-order valence-corrected chi connectivity index (χ4v) is 7.33. The second-order valence-electron chi connectivity index (χ2n) is 11.8. The maximum atomic E-state index is 13.0. The molecular weight excluding hydrogens is 488 g/mol. The Morgan fingerprint density at radius 1 is 1.16 bits per heavy atom. The average Bonchev–Trinajstić information content (AvgIpc) is 3.58. The fourth-order valence-electron chi connectivity index (χ4n) is 7.11. The number of benzene rings is 1. The topological polar surface area (TPSA) is 95.2 Å². The van der Waals surface area contributed by atoms with Crippen molar-refractivity contribution >= 4 is 29.0 Å². The van der Waals surface area contributed by atoms with Gasteiger partial charge in [0.05, 0.1) is 34.5 Å². The highest BCUT2D eigenvalue weighted by atomic mass is 35.5. The fraction of sp³-hybridized carbons (Fsp3) is 0.679. The number of anilines is 1. The van der Waals surface area contributed by atoms with Crippen LogP contribution >= 0.6 is 11.6 Å². The molecule has 3 saturated heterocycles. The van der Waals surface area contributed by atoms with Crippen molar-refractivity contribution in [2.24, 2.45) is 16.4 Å². The third kappa shape index (κ3) is 4.82. The number of hydrogen-bond donors (Lipinski definition) is 2. The molecule has 2 unspecified atom stereocenters. The second-order valence-corrected chi connectivity index (χ2v) is 12.2. The summed E-state index contributed by atoms with van der Waals surface area (Å²) in [5, 5.41) is 30.4. The Morgan fingerprint density at radius 3 is 2.57 bits per heavy atom. The number of nitriles is 1. The lowest BCUT2D eigenvalue weighted by molar-refractivity contribution is -0.137. The van der Waals surface area contributed by atoms with Gasteiger partial charge < -0.3 is 20.2 Å². The first kappa shape index (κ1) is 25.0. The maximum absolute atomic E-state index is 13.0.